The molecule has 3 N–H and O–H groups in total. The Morgan fingerprint density at radius 1 is 1.12 bits per heavy atom. The van der Waals surface area contributed by atoms with Crippen LogP contribution in [-0.2, 0) is 22.6 Å². The smallest absolute Gasteiger partial charge is 0.414 e. The first-order valence-corrected chi connectivity index (χ1v) is 8.36. The first kappa shape index (κ1) is 21.6. The number of hydrogen-bond donors (Lipinski definition) is 3. The van der Waals surface area contributed by atoms with Gasteiger partial charge >= 0.3 is 11.9 Å². The summed E-state index contributed by atoms with van der Waals surface area (Å²) in [4.78, 5) is 18.2. The zero-order valence-electron chi connectivity index (χ0n) is 14.0. The summed E-state index contributed by atoms with van der Waals surface area (Å²) >= 11 is 3.47. The molecule has 0 heterocycles. The van der Waals surface area contributed by atoms with E-state index in [0.717, 1.165) is 35.3 Å². The highest BCUT2D eigenvalue weighted by Crippen LogP contribution is 2.25. The number of nitrogens with one attached hydrogen (secondary N) is 1. The first-order chi connectivity index (χ1) is 12.3. The minimum Gasteiger partial charge on any atom is -0.496 e. The SMILES string of the molecule is COc1ccc(CNCCc2cccc(F)c2)cc1Br.O=C(O)C(=O)O. The van der Waals surface area contributed by atoms with Crippen molar-refractivity contribution < 1.29 is 28.9 Å². The van der Waals surface area contributed by atoms with Crippen molar-refractivity contribution >= 4 is 27.9 Å². The van der Waals surface area contributed by atoms with Gasteiger partial charge in [-0.05, 0) is 64.3 Å². The predicted octanol–water partition coefficient (Wildman–Crippen LogP) is 3.08. The Kier molecular flexibility index (Phi) is 9.32. The molecule has 0 aliphatic rings. The van der Waals surface area contributed by atoms with Crippen molar-refractivity contribution in [2.45, 2.75) is 13.0 Å². The van der Waals surface area contributed by atoms with E-state index < -0.39 is 11.9 Å². The van der Waals surface area contributed by atoms with Crippen LogP contribution >= 0.6 is 15.9 Å². The molecule has 0 unspecified atom stereocenters. The van der Waals surface area contributed by atoms with Gasteiger partial charge in [-0.1, -0.05) is 18.2 Å². The van der Waals surface area contributed by atoms with Gasteiger partial charge in [-0.25, -0.2) is 14.0 Å². The van der Waals surface area contributed by atoms with Gasteiger partial charge < -0.3 is 20.3 Å². The van der Waals surface area contributed by atoms with E-state index in [0.29, 0.717) is 0 Å². The molecule has 0 aliphatic carbocycles. The minimum absolute atomic E-state index is 0.179. The van der Waals surface area contributed by atoms with Crippen molar-refractivity contribution in [1.82, 2.24) is 5.32 Å². The quantitative estimate of drug-likeness (QED) is 0.484. The molecular weight excluding hydrogens is 409 g/mol. The summed E-state index contributed by atoms with van der Waals surface area (Å²) in [5, 5.41) is 18.1. The average molecular weight is 428 g/mol. The van der Waals surface area contributed by atoms with Gasteiger partial charge in [-0.2, -0.15) is 0 Å². The zero-order valence-corrected chi connectivity index (χ0v) is 15.6. The van der Waals surface area contributed by atoms with Crippen LogP contribution in [0.1, 0.15) is 11.1 Å². The van der Waals surface area contributed by atoms with Gasteiger partial charge in [-0.15, -0.1) is 0 Å². The lowest BCUT2D eigenvalue weighted by molar-refractivity contribution is -0.159. The zero-order chi connectivity index (χ0) is 19.5. The van der Waals surface area contributed by atoms with Crippen molar-refractivity contribution in [1.29, 1.82) is 0 Å². The van der Waals surface area contributed by atoms with Crippen LogP contribution in [0.2, 0.25) is 0 Å². The number of ether oxygens (including phenoxy) is 1. The fraction of sp³-hybridized carbons (Fsp3) is 0.222. The van der Waals surface area contributed by atoms with Crippen molar-refractivity contribution in [2.75, 3.05) is 13.7 Å². The van der Waals surface area contributed by atoms with Gasteiger partial charge in [0.05, 0.1) is 11.6 Å². The van der Waals surface area contributed by atoms with E-state index in [1.165, 1.54) is 11.6 Å². The Hall–Kier alpha value is -2.45. The fourth-order valence-corrected chi connectivity index (χ4v) is 2.57. The van der Waals surface area contributed by atoms with Crippen molar-refractivity contribution in [2.24, 2.45) is 0 Å². The Morgan fingerprint density at radius 3 is 2.35 bits per heavy atom. The Labute approximate surface area is 158 Å². The van der Waals surface area contributed by atoms with Crippen LogP contribution in [0.4, 0.5) is 4.39 Å². The number of hydrogen-bond acceptors (Lipinski definition) is 4. The van der Waals surface area contributed by atoms with E-state index in [9.17, 15) is 4.39 Å². The molecule has 0 saturated carbocycles. The molecule has 0 atom stereocenters. The van der Waals surface area contributed by atoms with E-state index in [1.807, 2.05) is 24.3 Å². The second-order valence-corrected chi connectivity index (χ2v) is 5.99. The largest absolute Gasteiger partial charge is 0.496 e. The topological polar surface area (TPSA) is 95.9 Å². The number of carboxylic acids is 2. The van der Waals surface area contributed by atoms with E-state index in [2.05, 4.69) is 21.2 Å². The van der Waals surface area contributed by atoms with E-state index >= 15 is 0 Å². The summed E-state index contributed by atoms with van der Waals surface area (Å²) in [7, 11) is 1.65. The molecule has 0 aliphatic heterocycles. The molecule has 26 heavy (non-hydrogen) atoms. The highest BCUT2D eigenvalue weighted by atomic mass is 79.9. The van der Waals surface area contributed by atoms with E-state index in [4.69, 9.17) is 24.5 Å². The molecule has 0 spiro atoms. The Bertz CT molecular complexity index is 742. The van der Waals surface area contributed by atoms with E-state index in [1.54, 1.807) is 19.2 Å². The maximum absolute atomic E-state index is 13.0. The summed E-state index contributed by atoms with van der Waals surface area (Å²) in [5.74, 6) is -3.00. The Morgan fingerprint density at radius 2 is 1.81 bits per heavy atom. The number of aliphatic carboxylic acids is 2. The van der Waals surface area contributed by atoms with Gasteiger partial charge in [0.1, 0.15) is 11.6 Å². The second kappa shape index (κ2) is 11.2. The summed E-state index contributed by atoms with van der Waals surface area (Å²) in [6.07, 6.45) is 0.815. The second-order valence-electron chi connectivity index (χ2n) is 5.14. The molecule has 0 saturated heterocycles. The highest BCUT2D eigenvalue weighted by molar-refractivity contribution is 9.10. The van der Waals surface area contributed by atoms with Gasteiger partial charge in [0.25, 0.3) is 0 Å². The van der Waals surface area contributed by atoms with Crippen molar-refractivity contribution in [3.8, 4) is 5.75 Å². The number of carbonyl (C=O) groups is 2. The summed E-state index contributed by atoms with van der Waals surface area (Å²) in [6, 6.07) is 12.7. The van der Waals surface area contributed by atoms with Gasteiger partial charge in [0, 0.05) is 6.54 Å². The van der Waals surface area contributed by atoms with Crippen LogP contribution in [0.5, 0.6) is 5.75 Å². The van der Waals surface area contributed by atoms with Crippen molar-refractivity contribution in [3.63, 3.8) is 0 Å². The molecule has 2 rings (SSSR count). The molecule has 0 amide bonds. The molecule has 8 heteroatoms. The maximum atomic E-state index is 13.0. The number of carboxylic acid groups (broad SMARTS) is 2. The third-order valence-corrected chi connectivity index (χ3v) is 3.83. The predicted molar refractivity (Wildman–Crippen MR) is 97.8 cm³/mol. The lowest BCUT2D eigenvalue weighted by atomic mass is 10.1. The molecule has 0 aromatic heterocycles. The number of rotatable bonds is 6. The van der Waals surface area contributed by atoms with Crippen molar-refractivity contribution in [3.05, 3.63) is 63.9 Å². The maximum Gasteiger partial charge on any atom is 0.414 e. The first-order valence-electron chi connectivity index (χ1n) is 7.57. The molecular formula is C18H19BrFNO5. The Balaban J connectivity index is 0.000000487. The van der Waals surface area contributed by atoms with Crippen LogP contribution in [0.25, 0.3) is 0 Å². The molecule has 6 nitrogen and oxygen atoms in total. The molecule has 2 aromatic rings. The lowest BCUT2D eigenvalue weighted by Gasteiger charge is -2.08. The molecule has 0 radical (unpaired) electrons. The molecule has 2 aromatic carbocycles. The normalized spacial score (nSPS) is 9.81. The van der Waals surface area contributed by atoms with Crippen LogP contribution < -0.4 is 10.1 Å². The van der Waals surface area contributed by atoms with Crippen LogP contribution in [-0.4, -0.2) is 35.8 Å². The van der Waals surface area contributed by atoms with Gasteiger partial charge in [0.2, 0.25) is 0 Å². The van der Waals surface area contributed by atoms with E-state index in [-0.39, 0.29) is 5.82 Å². The van der Waals surface area contributed by atoms with Crippen LogP contribution in [0, 0.1) is 5.82 Å². The number of methoxy groups -OCH3 is 1. The number of halogens is 2. The summed E-state index contributed by atoms with van der Waals surface area (Å²) in [5.41, 5.74) is 2.19. The molecule has 0 bridgehead atoms. The number of benzene rings is 2. The summed E-state index contributed by atoms with van der Waals surface area (Å²) in [6.45, 7) is 1.59. The van der Waals surface area contributed by atoms with Crippen LogP contribution in [0.3, 0.4) is 0 Å². The van der Waals surface area contributed by atoms with Gasteiger partial charge in [-0.3, -0.25) is 0 Å². The minimum atomic E-state index is -1.82. The summed E-state index contributed by atoms with van der Waals surface area (Å²) < 4.78 is 19.2. The third-order valence-electron chi connectivity index (χ3n) is 3.21. The van der Waals surface area contributed by atoms with Crippen LogP contribution in [0.15, 0.2) is 46.9 Å². The molecule has 0 fully saturated rings. The lowest BCUT2D eigenvalue weighted by Crippen LogP contribution is -2.16. The monoisotopic (exact) mass is 427 g/mol. The van der Waals surface area contributed by atoms with Gasteiger partial charge in [0.15, 0.2) is 0 Å². The fourth-order valence-electron chi connectivity index (χ4n) is 1.98. The molecule has 140 valence electrons. The highest BCUT2D eigenvalue weighted by Gasteiger charge is 2.04. The third kappa shape index (κ3) is 8.09. The average Bonchev–Trinajstić information content (AvgIpc) is 2.59. The standard InChI is InChI=1S/C16H17BrFNO.C2H2O4/c1-20-16-6-5-13(10-15(16)17)11-19-8-7-12-3-2-4-14(18)9-12;3-1(4)2(5)6/h2-6,9-10,19H,7-8,11H2,1H3;(H,3,4)(H,5,6).